The maximum atomic E-state index is 11.2. The first-order chi connectivity index (χ1) is 12.1. The van der Waals surface area contributed by atoms with Crippen molar-refractivity contribution in [3.63, 3.8) is 0 Å². The minimum Gasteiger partial charge on any atom is -0.363 e. The number of benzene rings is 1. The number of nitrogens with zero attached hydrogens (tertiary/aromatic N) is 5. The summed E-state index contributed by atoms with van der Waals surface area (Å²) in [4.78, 5) is 26.8. The highest BCUT2D eigenvalue weighted by Gasteiger charge is 2.31. The Labute approximate surface area is 144 Å². The van der Waals surface area contributed by atoms with E-state index in [0.29, 0.717) is 12.4 Å². The van der Waals surface area contributed by atoms with Crippen LogP contribution in [0.5, 0.6) is 0 Å². The molecule has 3 aromatic rings. The van der Waals surface area contributed by atoms with Gasteiger partial charge in [-0.2, -0.15) is 4.98 Å². The molecule has 1 aliphatic rings. The zero-order valence-electron chi connectivity index (χ0n) is 13.8. The van der Waals surface area contributed by atoms with Gasteiger partial charge >= 0.3 is 0 Å². The summed E-state index contributed by atoms with van der Waals surface area (Å²) in [6.45, 7) is 3.46. The number of hydrogen-bond acceptors (Lipinski definition) is 7. The van der Waals surface area contributed by atoms with Crippen LogP contribution in [0.3, 0.4) is 0 Å². The average molecular weight is 338 g/mol. The van der Waals surface area contributed by atoms with Crippen molar-refractivity contribution in [2.24, 2.45) is 5.73 Å². The first kappa shape index (κ1) is 15.6. The maximum Gasteiger partial charge on any atom is 0.290 e. The summed E-state index contributed by atoms with van der Waals surface area (Å²) in [6.07, 6.45) is 1.89. The molecule has 8 nitrogen and oxygen atoms in total. The number of hydrogen-bond donors (Lipinski definition) is 1. The van der Waals surface area contributed by atoms with Gasteiger partial charge in [0.15, 0.2) is 0 Å². The zero-order valence-corrected chi connectivity index (χ0v) is 13.8. The lowest BCUT2D eigenvalue weighted by atomic mass is 10.2. The van der Waals surface area contributed by atoms with Crippen molar-refractivity contribution in [3.05, 3.63) is 47.5 Å². The largest absolute Gasteiger partial charge is 0.363 e. The van der Waals surface area contributed by atoms with E-state index in [4.69, 9.17) is 10.3 Å². The molecule has 0 bridgehead atoms. The molecule has 3 heterocycles. The van der Waals surface area contributed by atoms with Crippen LogP contribution in [0.25, 0.3) is 10.9 Å². The van der Waals surface area contributed by atoms with Gasteiger partial charge in [0.1, 0.15) is 5.82 Å². The quantitative estimate of drug-likeness (QED) is 0.771. The Hall–Kier alpha value is -2.87. The van der Waals surface area contributed by atoms with E-state index in [0.717, 1.165) is 41.8 Å². The Morgan fingerprint density at radius 2 is 2.16 bits per heavy atom. The molecule has 128 valence electrons. The SMILES string of the molecule is Cc1nc(CN2CCC[C@@H]2c2nc(C(N)=O)no2)nc2ccccc12. The minimum absolute atomic E-state index is 0.0454. The predicted octanol–water partition coefficient (Wildman–Crippen LogP) is 1.76. The number of para-hydroxylation sites is 1. The summed E-state index contributed by atoms with van der Waals surface area (Å²) in [6, 6.07) is 7.93. The molecule has 2 N–H and O–H groups in total. The number of nitrogens with two attached hydrogens (primary N) is 1. The van der Waals surface area contributed by atoms with Crippen LogP contribution in [0, 0.1) is 6.92 Å². The summed E-state index contributed by atoms with van der Waals surface area (Å²) in [7, 11) is 0. The third-order valence-electron chi connectivity index (χ3n) is 4.50. The van der Waals surface area contributed by atoms with Crippen LogP contribution in [0.15, 0.2) is 28.8 Å². The second-order valence-corrected chi connectivity index (χ2v) is 6.19. The second kappa shape index (κ2) is 6.21. The molecule has 1 aromatic carbocycles. The monoisotopic (exact) mass is 338 g/mol. The molecule has 0 aliphatic carbocycles. The van der Waals surface area contributed by atoms with Crippen molar-refractivity contribution in [1.82, 2.24) is 25.0 Å². The summed E-state index contributed by atoms with van der Waals surface area (Å²) >= 11 is 0. The van der Waals surface area contributed by atoms with E-state index in [1.165, 1.54) is 0 Å². The van der Waals surface area contributed by atoms with E-state index in [9.17, 15) is 4.79 Å². The van der Waals surface area contributed by atoms with Crippen LogP contribution in [-0.2, 0) is 6.54 Å². The zero-order chi connectivity index (χ0) is 17.4. The van der Waals surface area contributed by atoms with Crippen LogP contribution in [0.4, 0.5) is 0 Å². The molecule has 8 heteroatoms. The van der Waals surface area contributed by atoms with Gasteiger partial charge < -0.3 is 10.3 Å². The lowest BCUT2D eigenvalue weighted by Crippen LogP contribution is -2.24. The Kier molecular flexibility index (Phi) is 3.89. The van der Waals surface area contributed by atoms with Gasteiger partial charge in [0, 0.05) is 11.1 Å². The van der Waals surface area contributed by atoms with Crippen molar-refractivity contribution in [2.75, 3.05) is 6.54 Å². The van der Waals surface area contributed by atoms with Crippen molar-refractivity contribution in [3.8, 4) is 0 Å². The molecule has 0 unspecified atom stereocenters. The number of rotatable bonds is 4. The molecular formula is C17H18N6O2. The fourth-order valence-electron chi connectivity index (χ4n) is 3.31. The first-order valence-electron chi connectivity index (χ1n) is 8.21. The molecule has 4 rings (SSSR count). The molecule has 0 radical (unpaired) electrons. The van der Waals surface area contributed by atoms with Gasteiger partial charge in [-0.3, -0.25) is 9.69 Å². The normalized spacial score (nSPS) is 18.0. The highest BCUT2D eigenvalue weighted by atomic mass is 16.5. The maximum absolute atomic E-state index is 11.2. The fraction of sp³-hybridized carbons (Fsp3) is 0.353. The highest BCUT2D eigenvalue weighted by molar-refractivity contribution is 5.88. The number of carbonyl (C=O) groups excluding carboxylic acids is 1. The van der Waals surface area contributed by atoms with E-state index in [1.807, 2.05) is 31.2 Å². The molecule has 1 amide bonds. The number of aryl methyl sites for hydroxylation is 1. The molecule has 1 saturated heterocycles. The van der Waals surface area contributed by atoms with Gasteiger partial charge in [0.2, 0.25) is 5.89 Å². The lowest BCUT2D eigenvalue weighted by Gasteiger charge is -2.20. The van der Waals surface area contributed by atoms with E-state index < -0.39 is 5.91 Å². The molecule has 0 spiro atoms. The van der Waals surface area contributed by atoms with E-state index in [2.05, 4.69) is 25.0 Å². The molecule has 25 heavy (non-hydrogen) atoms. The number of amides is 1. The Balaban J connectivity index is 1.59. The first-order valence-corrected chi connectivity index (χ1v) is 8.21. The Bertz CT molecular complexity index is 938. The van der Waals surface area contributed by atoms with Crippen molar-refractivity contribution in [1.29, 1.82) is 0 Å². The highest BCUT2D eigenvalue weighted by Crippen LogP contribution is 2.32. The summed E-state index contributed by atoms with van der Waals surface area (Å²) < 4.78 is 5.23. The van der Waals surface area contributed by atoms with Gasteiger partial charge in [0.05, 0.1) is 18.1 Å². The molecule has 2 aromatic heterocycles. The number of aromatic nitrogens is 4. The van der Waals surface area contributed by atoms with Crippen LogP contribution in [0.1, 0.15) is 46.9 Å². The van der Waals surface area contributed by atoms with Gasteiger partial charge in [-0.05, 0) is 32.4 Å². The van der Waals surface area contributed by atoms with E-state index >= 15 is 0 Å². The average Bonchev–Trinajstić information content (AvgIpc) is 3.24. The lowest BCUT2D eigenvalue weighted by molar-refractivity contribution is 0.0987. The van der Waals surface area contributed by atoms with E-state index in [1.54, 1.807) is 0 Å². The van der Waals surface area contributed by atoms with Gasteiger partial charge in [-0.1, -0.05) is 23.4 Å². The fourth-order valence-corrected chi connectivity index (χ4v) is 3.31. The molecular weight excluding hydrogens is 320 g/mol. The van der Waals surface area contributed by atoms with Crippen LogP contribution < -0.4 is 5.73 Å². The van der Waals surface area contributed by atoms with Gasteiger partial charge in [0.25, 0.3) is 11.7 Å². The predicted molar refractivity (Wildman–Crippen MR) is 89.5 cm³/mol. The standard InChI is InChI=1S/C17H18N6O2/c1-10-11-5-2-3-6-12(11)20-14(19-10)9-23-8-4-7-13(23)17-21-16(15(18)24)22-25-17/h2-3,5-6,13H,4,7-9H2,1H3,(H2,18,24)/t13-/m1/s1. The van der Waals surface area contributed by atoms with Crippen molar-refractivity contribution >= 4 is 16.8 Å². The minimum atomic E-state index is -0.687. The van der Waals surface area contributed by atoms with Gasteiger partial charge in [-0.15, -0.1) is 0 Å². The van der Waals surface area contributed by atoms with Crippen LogP contribution in [0.2, 0.25) is 0 Å². The van der Waals surface area contributed by atoms with Gasteiger partial charge in [-0.25, -0.2) is 9.97 Å². The number of carbonyl (C=O) groups is 1. The second-order valence-electron chi connectivity index (χ2n) is 6.19. The van der Waals surface area contributed by atoms with Crippen LogP contribution in [-0.4, -0.2) is 37.5 Å². The molecule has 1 aliphatic heterocycles. The smallest absolute Gasteiger partial charge is 0.290 e. The van der Waals surface area contributed by atoms with E-state index in [-0.39, 0.29) is 11.9 Å². The summed E-state index contributed by atoms with van der Waals surface area (Å²) in [5.74, 6) is 0.411. The van der Waals surface area contributed by atoms with Crippen LogP contribution >= 0.6 is 0 Å². The van der Waals surface area contributed by atoms with Crippen molar-refractivity contribution < 1.29 is 9.32 Å². The summed E-state index contributed by atoms with van der Waals surface area (Å²) in [5, 5.41) is 4.70. The molecule has 1 fully saturated rings. The number of primary amides is 1. The van der Waals surface area contributed by atoms with Crippen molar-refractivity contribution in [2.45, 2.75) is 32.4 Å². The topological polar surface area (TPSA) is 111 Å². The number of fused-ring (bicyclic) bond motifs is 1. The summed E-state index contributed by atoms with van der Waals surface area (Å²) in [5.41, 5.74) is 7.10. The third kappa shape index (κ3) is 2.96. The number of likely N-dealkylation sites (tertiary alicyclic amines) is 1. The third-order valence-corrected chi connectivity index (χ3v) is 4.50. The Morgan fingerprint density at radius 3 is 2.96 bits per heavy atom. The Morgan fingerprint density at radius 1 is 1.32 bits per heavy atom. The molecule has 1 atom stereocenters. The molecule has 0 saturated carbocycles.